The molecule has 3 heterocycles. The lowest BCUT2D eigenvalue weighted by Gasteiger charge is -2.38. The van der Waals surface area contributed by atoms with E-state index < -0.39 is 5.79 Å². The van der Waals surface area contributed by atoms with Gasteiger partial charge in [-0.1, -0.05) is 12.1 Å². The smallest absolute Gasteiger partial charge is 0.223 e. The topological polar surface area (TPSA) is 45.3 Å². The maximum Gasteiger partial charge on any atom is 0.223 e. The van der Waals surface area contributed by atoms with E-state index in [1.807, 2.05) is 17.0 Å². The van der Waals surface area contributed by atoms with Crippen LogP contribution in [0, 0.1) is 5.82 Å². The predicted octanol–water partition coefficient (Wildman–Crippen LogP) is 1.70. The van der Waals surface area contributed by atoms with E-state index in [2.05, 4.69) is 9.80 Å². The lowest BCUT2D eigenvalue weighted by atomic mass is 10.0. The molecule has 3 fully saturated rings. The highest BCUT2D eigenvalue weighted by Gasteiger charge is 2.40. The van der Waals surface area contributed by atoms with Gasteiger partial charge in [0.2, 0.25) is 5.91 Å². The zero-order valence-corrected chi connectivity index (χ0v) is 15.7. The van der Waals surface area contributed by atoms with Crippen molar-refractivity contribution < 1.29 is 18.7 Å². The number of anilines is 1. The summed E-state index contributed by atoms with van der Waals surface area (Å²) in [6, 6.07) is 6.92. The quantitative estimate of drug-likeness (QED) is 0.799. The van der Waals surface area contributed by atoms with Gasteiger partial charge in [-0.05, 0) is 12.1 Å². The van der Waals surface area contributed by atoms with Crippen LogP contribution >= 0.6 is 0 Å². The summed E-state index contributed by atoms with van der Waals surface area (Å²) >= 11 is 0. The van der Waals surface area contributed by atoms with Crippen LogP contribution in [-0.2, 0) is 14.3 Å². The van der Waals surface area contributed by atoms with Crippen molar-refractivity contribution in [3.05, 3.63) is 30.1 Å². The van der Waals surface area contributed by atoms with Gasteiger partial charge in [0.15, 0.2) is 5.79 Å². The van der Waals surface area contributed by atoms with Crippen molar-refractivity contribution in [3.8, 4) is 0 Å². The molecule has 7 heteroatoms. The maximum absolute atomic E-state index is 13.9. The first-order valence-corrected chi connectivity index (χ1v) is 9.93. The number of rotatable bonds is 4. The molecule has 3 saturated heterocycles. The van der Waals surface area contributed by atoms with Crippen molar-refractivity contribution in [3.63, 3.8) is 0 Å². The molecule has 0 aromatic heterocycles. The third kappa shape index (κ3) is 4.25. The first-order valence-electron chi connectivity index (χ1n) is 9.93. The molecule has 0 N–H and O–H groups in total. The molecule has 3 aliphatic rings. The molecule has 3 aliphatic heterocycles. The number of carbonyl (C=O) groups is 1. The zero-order valence-electron chi connectivity index (χ0n) is 15.7. The average Bonchev–Trinajstić information content (AvgIpc) is 3.15. The van der Waals surface area contributed by atoms with E-state index in [0.29, 0.717) is 38.4 Å². The number of halogens is 1. The Morgan fingerprint density at radius 3 is 2.33 bits per heavy atom. The third-order valence-corrected chi connectivity index (χ3v) is 5.90. The molecule has 4 rings (SSSR count). The second kappa shape index (κ2) is 8.12. The van der Waals surface area contributed by atoms with Crippen LogP contribution in [0.4, 0.5) is 10.1 Å². The summed E-state index contributed by atoms with van der Waals surface area (Å²) < 4.78 is 25.4. The normalized spacial score (nSPS) is 23.1. The number of likely N-dealkylation sites (tertiary alicyclic amines) is 1. The number of para-hydroxylation sites is 1. The Bertz CT molecular complexity index is 648. The van der Waals surface area contributed by atoms with E-state index in [-0.39, 0.29) is 11.7 Å². The summed E-state index contributed by atoms with van der Waals surface area (Å²) in [5.41, 5.74) is 0.673. The molecule has 1 amide bonds. The third-order valence-electron chi connectivity index (χ3n) is 5.90. The summed E-state index contributed by atoms with van der Waals surface area (Å²) in [5.74, 6) is -0.390. The lowest BCUT2D eigenvalue weighted by molar-refractivity contribution is -0.187. The number of amides is 1. The van der Waals surface area contributed by atoms with Gasteiger partial charge in [-0.25, -0.2) is 4.39 Å². The Morgan fingerprint density at radius 2 is 1.67 bits per heavy atom. The lowest BCUT2D eigenvalue weighted by Crippen LogP contribution is -2.49. The molecule has 0 saturated carbocycles. The summed E-state index contributed by atoms with van der Waals surface area (Å²) in [5, 5.41) is 0. The van der Waals surface area contributed by atoms with Crippen LogP contribution in [0.25, 0.3) is 0 Å². The van der Waals surface area contributed by atoms with Gasteiger partial charge >= 0.3 is 0 Å². The zero-order chi connectivity index (χ0) is 18.7. The molecule has 0 unspecified atom stereocenters. The molecular formula is C20H28FN3O3. The van der Waals surface area contributed by atoms with Crippen LogP contribution in [0.1, 0.15) is 19.3 Å². The number of hydrogen-bond acceptors (Lipinski definition) is 5. The summed E-state index contributed by atoms with van der Waals surface area (Å²) in [6.45, 7) is 6.78. The minimum atomic E-state index is -0.431. The molecule has 148 valence electrons. The van der Waals surface area contributed by atoms with Crippen molar-refractivity contribution in [2.75, 3.05) is 63.9 Å². The highest BCUT2D eigenvalue weighted by Crippen LogP contribution is 2.31. The molecule has 0 bridgehead atoms. The van der Waals surface area contributed by atoms with Crippen molar-refractivity contribution in [2.45, 2.75) is 25.0 Å². The molecule has 1 aromatic carbocycles. The second-order valence-corrected chi connectivity index (χ2v) is 7.52. The molecule has 27 heavy (non-hydrogen) atoms. The van der Waals surface area contributed by atoms with Crippen LogP contribution in [-0.4, -0.2) is 80.5 Å². The number of piperidine rings is 1. The minimum Gasteiger partial charge on any atom is -0.367 e. The van der Waals surface area contributed by atoms with Crippen molar-refractivity contribution in [1.82, 2.24) is 9.80 Å². The van der Waals surface area contributed by atoms with Crippen molar-refractivity contribution in [1.29, 1.82) is 0 Å². The Labute approximate surface area is 159 Å². The Balaban J connectivity index is 1.19. The van der Waals surface area contributed by atoms with Crippen LogP contribution in [0.3, 0.4) is 0 Å². The number of benzene rings is 1. The van der Waals surface area contributed by atoms with E-state index in [1.165, 1.54) is 6.07 Å². The fraction of sp³-hybridized carbons (Fsp3) is 0.650. The molecule has 1 spiro atoms. The van der Waals surface area contributed by atoms with E-state index in [0.717, 1.165) is 45.6 Å². The molecule has 0 aliphatic carbocycles. The van der Waals surface area contributed by atoms with E-state index in [4.69, 9.17) is 9.47 Å². The standard InChI is InChI=1S/C20H28FN3O3/c21-17-3-1-2-4-18(17)23-13-11-22(12-14-23)8-5-19(25)24-9-6-20(7-10-24)26-15-16-27-20/h1-4H,5-16H2. The molecular weight excluding hydrogens is 349 g/mol. The van der Waals surface area contributed by atoms with Crippen LogP contribution < -0.4 is 4.90 Å². The summed E-state index contributed by atoms with van der Waals surface area (Å²) in [7, 11) is 0. The number of nitrogens with zero attached hydrogens (tertiary/aromatic N) is 3. The minimum absolute atomic E-state index is 0.167. The first kappa shape index (κ1) is 18.7. The second-order valence-electron chi connectivity index (χ2n) is 7.52. The Morgan fingerprint density at radius 1 is 1.00 bits per heavy atom. The molecule has 6 nitrogen and oxygen atoms in total. The van der Waals surface area contributed by atoms with Gasteiger partial charge in [-0.3, -0.25) is 9.69 Å². The maximum atomic E-state index is 13.9. The highest BCUT2D eigenvalue weighted by atomic mass is 19.1. The first-order chi connectivity index (χ1) is 13.2. The number of piperazine rings is 1. The van der Waals surface area contributed by atoms with Crippen LogP contribution in [0.15, 0.2) is 24.3 Å². The van der Waals surface area contributed by atoms with Gasteiger partial charge < -0.3 is 19.3 Å². The van der Waals surface area contributed by atoms with E-state index in [9.17, 15) is 9.18 Å². The van der Waals surface area contributed by atoms with Gasteiger partial charge in [0.25, 0.3) is 0 Å². The number of carbonyl (C=O) groups excluding carboxylic acids is 1. The van der Waals surface area contributed by atoms with E-state index >= 15 is 0 Å². The fourth-order valence-corrected chi connectivity index (χ4v) is 4.21. The summed E-state index contributed by atoms with van der Waals surface area (Å²) in [6.07, 6.45) is 2.06. The SMILES string of the molecule is O=C(CCN1CCN(c2ccccc2F)CC1)N1CCC2(CC1)OCCO2. The van der Waals surface area contributed by atoms with Gasteiger partial charge in [0.05, 0.1) is 18.9 Å². The highest BCUT2D eigenvalue weighted by molar-refractivity contribution is 5.76. The van der Waals surface area contributed by atoms with Gasteiger partial charge in [-0.15, -0.1) is 0 Å². The number of hydrogen-bond donors (Lipinski definition) is 0. The predicted molar refractivity (Wildman–Crippen MR) is 100 cm³/mol. The average molecular weight is 377 g/mol. The van der Waals surface area contributed by atoms with Crippen molar-refractivity contribution in [2.24, 2.45) is 0 Å². The fourth-order valence-electron chi connectivity index (χ4n) is 4.21. The monoisotopic (exact) mass is 377 g/mol. The van der Waals surface area contributed by atoms with Crippen molar-refractivity contribution >= 4 is 11.6 Å². The Kier molecular flexibility index (Phi) is 5.61. The molecule has 0 radical (unpaired) electrons. The van der Waals surface area contributed by atoms with E-state index in [1.54, 1.807) is 6.07 Å². The van der Waals surface area contributed by atoms with Gasteiger partial charge in [-0.2, -0.15) is 0 Å². The number of ether oxygens (including phenoxy) is 2. The molecule has 1 aromatic rings. The largest absolute Gasteiger partial charge is 0.367 e. The Hall–Kier alpha value is -1.70. The van der Waals surface area contributed by atoms with Gasteiger partial charge in [0, 0.05) is 65.1 Å². The molecule has 0 atom stereocenters. The van der Waals surface area contributed by atoms with Gasteiger partial charge in [0.1, 0.15) is 5.82 Å². The van der Waals surface area contributed by atoms with Crippen LogP contribution in [0.5, 0.6) is 0 Å². The van der Waals surface area contributed by atoms with Crippen LogP contribution in [0.2, 0.25) is 0 Å². The summed E-state index contributed by atoms with van der Waals surface area (Å²) in [4.78, 5) is 18.8.